The summed E-state index contributed by atoms with van der Waals surface area (Å²) < 4.78 is 4.57. The first-order chi connectivity index (χ1) is 8.97. The molecule has 0 amide bonds. The van der Waals surface area contributed by atoms with Crippen LogP contribution in [0.15, 0.2) is 41.5 Å². The Balaban J connectivity index is 2.33. The Labute approximate surface area is 112 Å². The van der Waals surface area contributed by atoms with Crippen LogP contribution >= 0.6 is 0 Å². The van der Waals surface area contributed by atoms with Crippen molar-refractivity contribution in [3.63, 3.8) is 0 Å². The molecule has 0 saturated carbocycles. The van der Waals surface area contributed by atoms with Crippen LogP contribution in [0.1, 0.15) is 12.5 Å². The predicted molar refractivity (Wildman–Crippen MR) is 73.6 cm³/mol. The number of hydrogen-bond donors (Lipinski definition) is 0. The van der Waals surface area contributed by atoms with Crippen molar-refractivity contribution in [2.75, 3.05) is 19.0 Å². The molecule has 0 aliphatic carbocycles. The average molecular weight is 257 g/mol. The number of ether oxygens (including phenoxy) is 1. The number of esters is 2. The van der Waals surface area contributed by atoms with Gasteiger partial charge in [-0.25, -0.2) is 9.59 Å². The van der Waals surface area contributed by atoms with Gasteiger partial charge in [-0.2, -0.15) is 0 Å². The summed E-state index contributed by atoms with van der Waals surface area (Å²) in [7, 11) is 3.93. The normalized spacial score (nSPS) is 17.2. The fraction of sp³-hybridized carbons (Fsp3) is 0.200. The lowest BCUT2D eigenvalue weighted by molar-refractivity contribution is -0.153. The molecule has 4 heteroatoms. The molecule has 0 fully saturated rings. The van der Waals surface area contributed by atoms with Crippen LogP contribution < -0.4 is 4.90 Å². The molecule has 0 bridgehead atoms. The van der Waals surface area contributed by atoms with Gasteiger partial charge in [0.05, 0.1) is 5.57 Å². The summed E-state index contributed by atoms with van der Waals surface area (Å²) in [6.45, 7) is 1.72. The lowest BCUT2D eigenvalue weighted by Crippen LogP contribution is -2.18. The van der Waals surface area contributed by atoms with Gasteiger partial charge < -0.3 is 9.64 Å². The summed E-state index contributed by atoms with van der Waals surface area (Å²) in [5, 5.41) is 0. The van der Waals surface area contributed by atoms with Crippen molar-refractivity contribution in [2.45, 2.75) is 6.92 Å². The molecular weight excluding hydrogens is 242 g/mol. The molecule has 0 spiro atoms. The molecule has 1 aromatic rings. The van der Waals surface area contributed by atoms with E-state index < -0.39 is 11.9 Å². The quantitative estimate of drug-likeness (QED) is 0.463. The summed E-state index contributed by atoms with van der Waals surface area (Å²) in [6.07, 6.45) is 3.04. The van der Waals surface area contributed by atoms with E-state index in [1.807, 2.05) is 43.3 Å². The lowest BCUT2D eigenvalue weighted by atomic mass is 10.0. The molecule has 0 radical (unpaired) electrons. The van der Waals surface area contributed by atoms with E-state index in [1.165, 1.54) is 6.08 Å². The molecule has 1 aliphatic heterocycles. The van der Waals surface area contributed by atoms with Gasteiger partial charge in [-0.3, -0.25) is 0 Å². The Morgan fingerprint density at radius 2 is 1.74 bits per heavy atom. The summed E-state index contributed by atoms with van der Waals surface area (Å²) in [4.78, 5) is 24.7. The molecule has 4 nitrogen and oxygen atoms in total. The van der Waals surface area contributed by atoms with Crippen molar-refractivity contribution in [1.29, 1.82) is 0 Å². The van der Waals surface area contributed by atoms with E-state index in [0.717, 1.165) is 11.3 Å². The zero-order chi connectivity index (χ0) is 14.0. The van der Waals surface area contributed by atoms with Crippen molar-refractivity contribution in [3.8, 4) is 0 Å². The van der Waals surface area contributed by atoms with Crippen LogP contribution in [0.2, 0.25) is 0 Å². The highest BCUT2D eigenvalue weighted by Gasteiger charge is 2.22. The van der Waals surface area contributed by atoms with E-state index in [-0.39, 0.29) is 0 Å². The molecule has 19 heavy (non-hydrogen) atoms. The van der Waals surface area contributed by atoms with E-state index in [4.69, 9.17) is 0 Å². The molecule has 1 aromatic carbocycles. The first-order valence-corrected chi connectivity index (χ1v) is 5.91. The van der Waals surface area contributed by atoms with Gasteiger partial charge in [-0.15, -0.1) is 0 Å². The molecule has 0 saturated heterocycles. The average Bonchev–Trinajstić information content (AvgIpc) is 2.34. The van der Waals surface area contributed by atoms with E-state index in [2.05, 4.69) is 4.74 Å². The number of cyclic esters (lactones) is 2. The number of carbonyl (C=O) groups is 2. The highest BCUT2D eigenvalue weighted by molar-refractivity contribution is 6.09. The van der Waals surface area contributed by atoms with Gasteiger partial charge in [0, 0.05) is 25.9 Å². The predicted octanol–water partition coefficient (Wildman–Crippen LogP) is 2.17. The van der Waals surface area contributed by atoms with Gasteiger partial charge >= 0.3 is 11.9 Å². The zero-order valence-electron chi connectivity index (χ0n) is 11.1. The number of nitrogens with zero attached hydrogens (tertiary/aromatic N) is 1. The summed E-state index contributed by atoms with van der Waals surface area (Å²) in [5.74, 6) is -1.20. The van der Waals surface area contributed by atoms with Gasteiger partial charge in [0.15, 0.2) is 0 Å². The number of hydrogen-bond acceptors (Lipinski definition) is 4. The van der Waals surface area contributed by atoms with Crippen LogP contribution in [0.25, 0.3) is 6.08 Å². The fourth-order valence-electron chi connectivity index (χ4n) is 1.80. The van der Waals surface area contributed by atoms with E-state index in [0.29, 0.717) is 11.1 Å². The van der Waals surface area contributed by atoms with Gasteiger partial charge in [-0.05, 0) is 36.3 Å². The summed E-state index contributed by atoms with van der Waals surface area (Å²) in [5.41, 5.74) is 3.01. The van der Waals surface area contributed by atoms with Gasteiger partial charge in [0.2, 0.25) is 0 Å². The second kappa shape index (κ2) is 5.10. The summed E-state index contributed by atoms with van der Waals surface area (Å²) >= 11 is 0. The van der Waals surface area contributed by atoms with Crippen molar-refractivity contribution in [1.82, 2.24) is 0 Å². The Kier molecular flexibility index (Phi) is 3.51. The SMILES string of the molecule is CC1=CC(=O)OC(=O)/C1=C\c1ccc(N(C)C)cc1. The van der Waals surface area contributed by atoms with E-state index in [9.17, 15) is 9.59 Å². The highest BCUT2D eigenvalue weighted by atomic mass is 16.6. The molecule has 2 rings (SSSR count). The van der Waals surface area contributed by atoms with Crippen LogP contribution in [0.4, 0.5) is 5.69 Å². The molecule has 98 valence electrons. The van der Waals surface area contributed by atoms with Crippen LogP contribution in [0.3, 0.4) is 0 Å². The first-order valence-electron chi connectivity index (χ1n) is 5.91. The van der Waals surface area contributed by atoms with Gasteiger partial charge in [0.25, 0.3) is 0 Å². The van der Waals surface area contributed by atoms with Gasteiger partial charge in [-0.1, -0.05) is 12.1 Å². The third-order valence-electron chi connectivity index (χ3n) is 2.89. The summed E-state index contributed by atoms with van der Waals surface area (Å²) in [6, 6.07) is 7.76. The number of benzene rings is 1. The van der Waals surface area contributed by atoms with Crippen LogP contribution in [-0.4, -0.2) is 26.0 Å². The zero-order valence-corrected chi connectivity index (χ0v) is 11.1. The Hall–Kier alpha value is -2.36. The molecule has 0 N–H and O–H groups in total. The van der Waals surface area contributed by atoms with Crippen LogP contribution in [0, 0.1) is 0 Å². The minimum Gasteiger partial charge on any atom is -0.386 e. The van der Waals surface area contributed by atoms with Crippen LogP contribution in [0.5, 0.6) is 0 Å². The smallest absolute Gasteiger partial charge is 0.346 e. The Morgan fingerprint density at radius 1 is 1.11 bits per heavy atom. The fourth-order valence-corrected chi connectivity index (χ4v) is 1.80. The second-order valence-corrected chi connectivity index (χ2v) is 4.58. The van der Waals surface area contributed by atoms with Crippen molar-refractivity contribution in [2.24, 2.45) is 0 Å². The monoisotopic (exact) mass is 257 g/mol. The number of rotatable bonds is 2. The Morgan fingerprint density at radius 3 is 2.26 bits per heavy atom. The van der Waals surface area contributed by atoms with Crippen molar-refractivity contribution in [3.05, 3.63) is 47.1 Å². The maximum atomic E-state index is 11.6. The third kappa shape index (κ3) is 2.91. The Bertz CT molecular complexity index is 580. The highest BCUT2D eigenvalue weighted by Crippen LogP contribution is 2.21. The lowest BCUT2D eigenvalue weighted by Gasteiger charge is -2.13. The molecule has 1 aliphatic rings. The van der Waals surface area contributed by atoms with Crippen molar-refractivity contribution < 1.29 is 14.3 Å². The minimum absolute atomic E-state index is 0.414. The van der Waals surface area contributed by atoms with E-state index in [1.54, 1.807) is 13.0 Å². The molecule has 0 unspecified atom stereocenters. The topological polar surface area (TPSA) is 46.6 Å². The first kappa shape index (κ1) is 13.1. The third-order valence-corrected chi connectivity index (χ3v) is 2.89. The number of anilines is 1. The maximum absolute atomic E-state index is 11.6. The van der Waals surface area contributed by atoms with Gasteiger partial charge in [0.1, 0.15) is 0 Å². The second-order valence-electron chi connectivity index (χ2n) is 4.58. The van der Waals surface area contributed by atoms with Crippen molar-refractivity contribution >= 4 is 23.7 Å². The standard InChI is InChI=1S/C15H15NO3/c1-10-8-14(17)19-15(18)13(10)9-11-4-6-12(7-5-11)16(2)3/h4-9H,1-3H3/b13-9-. The molecule has 1 heterocycles. The largest absolute Gasteiger partial charge is 0.386 e. The molecule has 0 atom stereocenters. The minimum atomic E-state index is -0.609. The van der Waals surface area contributed by atoms with Crippen LogP contribution in [-0.2, 0) is 14.3 Å². The van der Waals surface area contributed by atoms with E-state index >= 15 is 0 Å². The maximum Gasteiger partial charge on any atom is 0.346 e. The number of carbonyl (C=O) groups excluding carboxylic acids is 2. The molecule has 0 aromatic heterocycles. The molecular formula is C15H15NO3.